The maximum Gasteiger partial charge on any atom is 0.294 e. The summed E-state index contributed by atoms with van der Waals surface area (Å²) in [6.07, 6.45) is 17.3. The summed E-state index contributed by atoms with van der Waals surface area (Å²) in [5, 5.41) is 7.17. The zero-order valence-electron chi connectivity index (χ0n) is 85.5. The van der Waals surface area contributed by atoms with Gasteiger partial charge in [0, 0.05) is 131 Å². The largest absolute Gasteiger partial charge is 0.493 e. The van der Waals surface area contributed by atoms with Crippen molar-refractivity contribution in [1.29, 1.82) is 0 Å². The number of alkyl halides is 1. The minimum Gasteiger partial charge on any atom is -0.493 e. The predicted molar refractivity (Wildman–Crippen MR) is 532 cm³/mol. The first-order chi connectivity index (χ1) is 60.5. The first-order valence-corrected chi connectivity index (χ1v) is 46.8. The monoisotopic (exact) mass is 1850 g/mol. The van der Waals surface area contributed by atoms with Crippen molar-refractivity contribution in [2.45, 2.75) is 277 Å². The maximum atomic E-state index is 12.9. The highest BCUT2D eigenvalue weighted by Gasteiger charge is 2.19. The van der Waals surface area contributed by atoms with Gasteiger partial charge in [-0.05, 0) is 177 Å². The average molecular weight is 1850 g/mol. The molecular formula is C103H165F2N11O12S2. The van der Waals surface area contributed by atoms with Crippen LogP contribution in [-0.2, 0) is 45.5 Å². The van der Waals surface area contributed by atoms with E-state index in [1.54, 1.807) is 120 Å². The number of aryl methyl sites for hydroxylation is 4. The topological polar surface area (TPSA) is 327 Å². The van der Waals surface area contributed by atoms with Crippen LogP contribution < -0.4 is 36.6 Å². The number of benzene rings is 1. The van der Waals surface area contributed by atoms with E-state index in [0.29, 0.717) is 96.6 Å². The van der Waals surface area contributed by atoms with Gasteiger partial charge in [-0.2, -0.15) is 4.98 Å². The molecule has 0 aliphatic carbocycles. The van der Waals surface area contributed by atoms with Gasteiger partial charge in [-0.15, -0.1) is 29.3 Å². The molecule has 0 saturated heterocycles. The molecule has 130 heavy (non-hydrogen) atoms. The number of thiazole rings is 1. The molecule has 8 aromatic rings. The van der Waals surface area contributed by atoms with E-state index in [0.717, 1.165) is 80.9 Å². The molecule has 23 nitrogen and oxygen atoms in total. The van der Waals surface area contributed by atoms with E-state index >= 15 is 0 Å². The number of nitrogens with two attached hydrogens (primary N) is 2. The van der Waals surface area contributed by atoms with Crippen LogP contribution in [0.1, 0.15) is 305 Å². The van der Waals surface area contributed by atoms with Crippen molar-refractivity contribution in [3.8, 4) is 17.2 Å². The molecule has 5 N–H and O–H groups in total. The predicted octanol–water partition coefficient (Wildman–Crippen LogP) is 23.6. The summed E-state index contributed by atoms with van der Waals surface area (Å²) >= 11 is 3.04. The van der Waals surface area contributed by atoms with Gasteiger partial charge in [0.15, 0.2) is 28.9 Å². The number of pyridine rings is 4. The lowest BCUT2D eigenvalue weighted by Gasteiger charge is -2.14. The van der Waals surface area contributed by atoms with Crippen molar-refractivity contribution in [2.24, 2.45) is 89.5 Å². The Bertz CT molecular complexity index is 4320. The van der Waals surface area contributed by atoms with E-state index in [4.69, 9.17) is 25.7 Å². The lowest BCUT2D eigenvalue weighted by Crippen LogP contribution is -2.24. The molecule has 730 valence electrons. The smallest absolute Gasteiger partial charge is 0.294 e. The number of amides is 4. The number of primary amides is 2. The first kappa shape index (κ1) is 126. The van der Waals surface area contributed by atoms with Gasteiger partial charge in [0.1, 0.15) is 11.6 Å². The fourth-order valence-electron chi connectivity index (χ4n) is 10.00. The second-order valence-corrected chi connectivity index (χ2v) is 38.5. The quantitative estimate of drug-likeness (QED) is 0.0268. The van der Waals surface area contributed by atoms with Gasteiger partial charge < -0.3 is 45.0 Å². The van der Waals surface area contributed by atoms with Crippen LogP contribution in [0.5, 0.6) is 17.2 Å². The molecule has 0 radical (unpaired) electrons. The summed E-state index contributed by atoms with van der Waals surface area (Å²) in [6.45, 7) is 64.1. The third-order valence-corrected chi connectivity index (χ3v) is 20.2. The van der Waals surface area contributed by atoms with Crippen molar-refractivity contribution in [1.82, 2.24) is 44.9 Å². The zero-order chi connectivity index (χ0) is 101. The van der Waals surface area contributed by atoms with Crippen molar-refractivity contribution >= 4 is 63.7 Å². The van der Waals surface area contributed by atoms with E-state index in [1.807, 2.05) is 137 Å². The van der Waals surface area contributed by atoms with E-state index in [1.165, 1.54) is 34.8 Å². The van der Waals surface area contributed by atoms with Crippen LogP contribution in [0.15, 0.2) is 138 Å². The van der Waals surface area contributed by atoms with Crippen LogP contribution >= 0.6 is 22.7 Å². The average Bonchev–Trinajstić information content (AvgIpc) is 1.26. The van der Waals surface area contributed by atoms with Crippen molar-refractivity contribution < 1.29 is 61.1 Å². The number of nitrogens with one attached hydrogen (secondary N) is 1. The highest BCUT2D eigenvalue weighted by molar-refractivity contribution is 7.14. The minimum absolute atomic E-state index is 0.00926. The second-order valence-electron chi connectivity index (χ2n) is 36.0. The van der Waals surface area contributed by atoms with Gasteiger partial charge in [0.2, 0.25) is 35.8 Å². The van der Waals surface area contributed by atoms with Gasteiger partial charge >= 0.3 is 0 Å². The fourth-order valence-corrected chi connectivity index (χ4v) is 11.8. The number of carbonyl (C=O) groups excluding carboxylic acids is 7. The lowest BCUT2D eigenvalue weighted by atomic mass is 9.91. The third kappa shape index (κ3) is 63.9. The summed E-state index contributed by atoms with van der Waals surface area (Å²) in [6, 6.07) is 24.1. The fraction of sp³-hybridized carbons (Fsp3) is 0.573. The molecule has 7 aromatic heterocycles. The van der Waals surface area contributed by atoms with Gasteiger partial charge in [-0.1, -0.05) is 209 Å². The molecule has 3 unspecified atom stereocenters. The van der Waals surface area contributed by atoms with E-state index in [-0.39, 0.29) is 81.9 Å². The molecule has 3 atom stereocenters. The SMILES string of the molecule is C=CCNC(=O)CC(C)C.CC(C)C(C)C(N)=O.CC(C)C(C)c1ccncc1.CC(C)CCC(=O)N(C)C.CC(C)CCC(N)=O.CC(C)Cc1ccccc1F.CC(C)Cc1ccn(C)c(=O)c1.CC(F)Oc1ccc(C(C)C)nc1.COc1ccnc(CC(C)C)c1OC.Cc1ccc(C(=O)C(C)C)s1.Cc1ncc(C(=O)C(C)C)s1.Cc1noc(C(=O)C(C)C)n1. The molecule has 8 rings (SSSR count). The highest BCUT2D eigenvalue weighted by atomic mass is 32.1. The Balaban J connectivity index is -0.000000668. The number of halogens is 2. The Morgan fingerprint density at radius 2 is 1.16 bits per heavy atom. The number of carbonyl (C=O) groups is 7. The summed E-state index contributed by atoms with van der Waals surface area (Å²) in [4.78, 5) is 112. The zero-order valence-corrected chi connectivity index (χ0v) is 87.1. The van der Waals surface area contributed by atoms with Gasteiger partial charge in [0.05, 0.1) is 40.9 Å². The first-order valence-electron chi connectivity index (χ1n) is 45.2. The number of hydrogen-bond donors (Lipinski definition) is 3. The van der Waals surface area contributed by atoms with Gasteiger partial charge in [0.25, 0.3) is 11.4 Å². The summed E-state index contributed by atoms with van der Waals surface area (Å²) in [7, 11) is 8.63. The number of aromatic nitrogens is 7. The van der Waals surface area contributed by atoms with Crippen LogP contribution in [0.25, 0.3) is 0 Å². The molecule has 0 spiro atoms. The number of nitrogens with zero attached hydrogens (tertiary/aromatic N) is 8. The number of Topliss-reactive ketones (excluding diaryl/α,β-unsaturated/α-hetero) is 3. The number of ketones is 3. The molecule has 0 aliphatic heterocycles. The number of ether oxygens (including phenoxy) is 3. The van der Waals surface area contributed by atoms with Crippen LogP contribution in [0, 0.1) is 97.6 Å². The summed E-state index contributed by atoms with van der Waals surface area (Å²) in [5.74, 6) is 8.32. The van der Waals surface area contributed by atoms with Crippen LogP contribution in [0.4, 0.5) is 8.78 Å². The molecule has 7 heterocycles. The van der Waals surface area contributed by atoms with E-state index in [2.05, 4.69) is 162 Å². The van der Waals surface area contributed by atoms with Crippen molar-refractivity contribution in [3.05, 3.63) is 204 Å². The highest BCUT2D eigenvalue weighted by Crippen LogP contribution is 2.31. The summed E-state index contributed by atoms with van der Waals surface area (Å²) < 4.78 is 46.9. The van der Waals surface area contributed by atoms with E-state index < -0.39 is 6.36 Å². The Kier molecular flexibility index (Phi) is 69.6. The maximum absolute atomic E-state index is 12.9. The Labute approximate surface area is 788 Å². The van der Waals surface area contributed by atoms with Crippen LogP contribution in [-0.4, -0.2) is 122 Å². The number of rotatable bonds is 31. The molecule has 0 saturated carbocycles. The molecule has 0 fully saturated rings. The lowest BCUT2D eigenvalue weighted by molar-refractivity contribution is -0.129. The molecule has 1 aromatic carbocycles. The van der Waals surface area contributed by atoms with Crippen LogP contribution in [0.2, 0.25) is 0 Å². The molecule has 27 heteroatoms. The minimum atomic E-state index is -1.29. The number of hydrogen-bond acceptors (Lipinski definition) is 20. The van der Waals surface area contributed by atoms with Crippen LogP contribution in [0.3, 0.4) is 0 Å². The van der Waals surface area contributed by atoms with Crippen molar-refractivity contribution in [3.63, 3.8) is 0 Å². The van der Waals surface area contributed by atoms with Gasteiger partial charge in [-0.25, -0.2) is 13.8 Å². The Morgan fingerprint density at radius 1 is 0.608 bits per heavy atom. The number of thiophene rings is 1. The molecular weight excluding hydrogens is 1690 g/mol. The summed E-state index contributed by atoms with van der Waals surface area (Å²) in [5.41, 5.74) is 15.3. The van der Waals surface area contributed by atoms with E-state index in [9.17, 15) is 47.1 Å². The third-order valence-electron chi connectivity index (χ3n) is 18.3. The normalized spacial score (nSPS) is 11.1. The van der Waals surface area contributed by atoms with Crippen molar-refractivity contribution in [2.75, 3.05) is 34.9 Å². The molecule has 0 bridgehead atoms. The molecule has 4 amide bonds. The number of methoxy groups -OCH3 is 2. The second kappa shape index (κ2) is 71.7. The standard InChI is InChI=1S/C11H17NO2.C10H14FNO.C10H13F.C10H15NO.C10H15N.C9H12OS.C8H11NOS.C8H17NO.C8H15NO.C7H10N2O2.2C6H13NO/c1-8(2)7-9-11(14-4)10(13-3)5-6-12-9;1-7(2)10-5-4-9(6-12-10)13-8(3)11;1-8(2)7-9-5-3-4-6-10(9)11;1-8(2)6-9-4-5-11(3)10(12)7-9;1-8(2)9(3)10-4-6-11-7-5-10;1-6(2)9(10)8-5-4-7(3)11-8;1-5(2)8(10)7-4-9-6(3)11-7;1-7(2)5-6-8(10)9(3)4;1-4-5-9-8(10)6-7(2)3;1-4(2)6(10)7-8-5(3)9-11-7;1-5(2)3-4-6(7)8;1-4(2)5(3)6(7)8/h5-6,8H,7H2,1-4H3;4-8H,1-3H3;3-6,8H,7H2,1-2H3;4-5,7-8H,6H2,1-3H3;4-9H,1-3H3;4-6H,1-3H3;4-5H,1-3H3;7H,5-6H2,1-4H3;4,7H,1,5-6H2,2-3H3,(H,9,10);4H,1-3H3;5H,3-4H2,1-2H3,(H2,7,8);4-5H,1-3H3,(H2,7,8). The Morgan fingerprint density at radius 3 is 1.54 bits per heavy atom. The molecule has 0 aliphatic rings. The van der Waals surface area contributed by atoms with Gasteiger partial charge in [-0.3, -0.25) is 53.3 Å². The Hall–Kier alpha value is -10.0.